The SMILES string of the molecule is CCOC(=O)c1ccc(N2CCCN(Cc3nnc(-c4ccccc4)o3)CC2)nc1. The van der Waals surface area contributed by atoms with Crippen molar-refractivity contribution in [3.8, 4) is 11.5 Å². The third-order valence-electron chi connectivity index (χ3n) is 5.02. The first kappa shape index (κ1) is 20.0. The van der Waals surface area contributed by atoms with Crippen molar-refractivity contribution >= 4 is 11.8 Å². The number of esters is 1. The number of hydrogen-bond acceptors (Lipinski definition) is 8. The molecule has 0 amide bonds. The molecule has 156 valence electrons. The lowest BCUT2D eigenvalue weighted by atomic mass is 10.2. The minimum atomic E-state index is -0.340. The fourth-order valence-electron chi connectivity index (χ4n) is 3.47. The van der Waals surface area contributed by atoms with Gasteiger partial charge in [0.1, 0.15) is 5.82 Å². The summed E-state index contributed by atoms with van der Waals surface area (Å²) in [5.41, 5.74) is 1.40. The highest BCUT2D eigenvalue weighted by Crippen LogP contribution is 2.19. The van der Waals surface area contributed by atoms with Crippen molar-refractivity contribution in [2.24, 2.45) is 0 Å². The Morgan fingerprint density at radius 3 is 2.70 bits per heavy atom. The van der Waals surface area contributed by atoms with Crippen LogP contribution in [0, 0.1) is 0 Å². The van der Waals surface area contributed by atoms with Gasteiger partial charge < -0.3 is 14.1 Å². The quantitative estimate of drug-likeness (QED) is 0.577. The maximum Gasteiger partial charge on any atom is 0.339 e. The smallest absolute Gasteiger partial charge is 0.339 e. The predicted octanol–water partition coefficient (Wildman–Crippen LogP) is 3.02. The number of pyridine rings is 1. The number of hydrogen-bond donors (Lipinski definition) is 0. The van der Waals surface area contributed by atoms with Crippen molar-refractivity contribution in [2.75, 3.05) is 37.7 Å². The highest BCUT2D eigenvalue weighted by Gasteiger charge is 2.19. The Kier molecular flexibility index (Phi) is 6.34. The van der Waals surface area contributed by atoms with Gasteiger partial charge in [-0.05, 0) is 37.6 Å². The van der Waals surface area contributed by atoms with Crippen LogP contribution in [0.15, 0.2) is 53.1 Å². The predicted molar refractivity (Wildman–Crippen MR) is 112 cm³/mol. The zero-order valence-electron chi connectivity index (χ0n) is 17.0. The van der Waals surface area contributed by atoms with Crippen molar-refractivity contribution in [1.82, 2.24) is 20.1 Å². The van der Waals surface area contributed by atoms with Gasteiger partial charge in [-0.25, -0.2) is 9.78 Å². The second-order valence-corrected chi connectivity index (χ2v) is 7.11. The molecule has 1 saturated heterocycles. The van der Waals surface area contributed by atoms with Crippen LogP contribution in [0.3, 0.4) is 0 Å². The van der Waals surface area contributed by atoms with E-state index in [-0.39, 0.29) is 5.97 Å². The molecule has 0 unspecified atom stereocenters. The second-order valence-electron chi connectivity index (χ2n) is 7.11. The van der Waals surface area contributed by atoms with Crippen molar-refractivity contribution in [1.29, 1.82) is 0 Å². The van der Waals surface area contributed by atoms with Gasteiger partial charge in [-0.2, -0.15) is 0 Å². The molecule has 0 N–H and O–H groups in total. The largest absolute Gasteiger partial charge is 0.462 e. The van der Waals surface area contributed by atoms with Crippen LogP contribution in [-0.2, 0) is 11.3 Å². The number of nitrogens with zero attached hydrogens (tertiary/aromatic N) is 5. The van der Waals surface area contributed by atoms with E-state index in [1.54, 1.807) is 19.2 Å². The molecule has 0 bridgehead atoms. The minimum Gasteiger partial charge on any atom is -0.462 e. The normalized spacial score (nSPS) is 15.0. The molecule has 1 fully saturated rings. The van der Waals surface area contributed by atoms with Gasteiger partial charge in [0.05, 0.1) is 18.7 Å². The Morgan fingerprint density at radius 2 is 1.93 bits per heavy atom. The Hall–Kier alpha value is -3.26. The molecule has 0 atom stereocenters. The second kappa shape index (κ2) is 9.49. The Morgan fingerprint density at radius 1 is 1.07 bits per heavy atom. The van der Waals surface area contributed by atoms with Gasteiger partial charge in [-0.3, -0.25) is 4.90 Å². The molecule has 3 heterocycles. The van der Waals surface area contributed by atoms with Gasteiger partial charge in [-0.1, -0.05) is 18.2 Å². The van der Waals surface area contributed by atoms with Crippen molar-refractivity contribution in [3.05, 3.63) is 60.1 Å². The average Bonchev–Trinajstić information content (AvgIpc) is 3.12. The van der Waals surface area contributed by atoms with Crippen LogP contribution in [-0.4, -0.2) is 58.8 Å². The van der Waals surface area contributed by atoms with Gasteiger partial charge in [-0.15, -0.1) is 10.2 Å². The number of ether oxygens (including phenoxy) is 1. The number of carbonyl (C=O) groups excluding carboxylic acids is 1. The molecule has 4 rings (SSSR count). The molecule has 1 aromatic carbocycles. The van der Waals surface area contributed by atoms with Gasteiger partial charge in [0.2, 0.25) is 11.8 Å². The van der Waals surface area contributed by atoms with Gasteiger partial charge >= 0.3 is 5.97 Å². The van der Waals surface area contributed by atoms with Gasteiger partial charge in [0, 0.05) is 37.9 Å². The topological polar surface area (TPSA) is 84.6 Å². The summed E-state index contributed by atoms with van der Waals surface area (Å²) in [6.07, 6.45) is 2.58. The van der Waals surface area contributed by atoms with E-state index in [0.717, 1.165) is 44.0 Å². The molecule has 0 spiro atoms. The molecule has 30 heavy (non-hydrogen) atoms. The third kappa shape index (κ3) is 4.83. The molecule has 1 aliphatic rings. The summed E-state index contributed by atoms with van der Waals surface area (Å²) in [5, 5.41) is 8.38. The highest BCUT2D eigenvalue weighted by atomic mass is 16.5. The summed E-state index contributed by atoms with van der Waals surface area (Å²) in [4.78, 5) is 20.8. The minimum absolute atomic E-state index is 0.340. The Labute approximate surface area is 175 Å². The van der Waals surface area contributed by atoms with Crippen LogP contribution in [0.4, 0.5) is 5.82 Å². The first-order valence-electron chi connectivity index (χ1n) is 10.2. The lowest BCUT2D eigenvalue weighted by Crippen LogP contribution is -2.31. The molecule has 1 aliphatic heterocycles. The highest BCUT2D eigenvalue weighted by molar-refractivity contribution is 5.89. The van der Waals surface area contributed by atoms with Crippen LogP contribution in [0.1, 0.15) is 29.6 Å². The maximum absolute atomic E-state index is 11.8. The lowest BCUT2D eigenvalue weighted by Gasteiger charge is -2.22. The third-order valence-corrected chi connectivity index (χ3v) is 5.02. The number of rotatable bonds is 6. The van der Waals surface area contributed by atoms with E-state index in [2.05, 4.69) is 25.0 Å². The van der Waals surface area contributed by atoms with Crippen LogP contribution in [0.5, 0.6) is 0 Å². The Bertz CT molecular complexity index is 958. The van der Waals surface area contributed by atoms with Crippen molar-refractivity contribution < 1.29 is 13.9 Å². The molecular formula is C22H25N5O3. The summed E-state index contributed by atoms with van der Waals surface area (Å²) in [6.45, 7) is 6.33. The zero-order chi connectivity index (χ0) is 20.8. The standard InChI is InChI=1S/C22H25N5O3/c1-2-29-22(28)18-9-10-19(23-15-18)27-12-6-11-26(13-14-27)16-20-24-25-21(30-20)17-7-4-3-5-8-17/h3-5,7-10,15H,2,6,11-14,16H2,1H3. The molecule has 2 aromatic heterocycles. The maximum atomic E-state index is 11.8. The summed E-state index contributed by atoms with van der Waals surface area (Å²) < 4.78 is 10.9. The fourth-order valence-corrected chi connectivity index (χ4v) is 3.47. The monoisotopic (exact) mass is 407 g/mol. The van der Waals surface area contributed by atoms with E-state index in [1.165, 1.54) is 0 Å². The van der Waals surface area contributed by atoms with E-state index in [1.807, 2.05) is 36.4 Å². The van der Waals surface area contributed by atoms with Crippen LogP contribution in [0.2, 0.25) is 0 Å². The Balaban J connectivity index is 1.34. The number of aromatic nitrogens is 3. The molecule has 8 nitrogen and oxygen atoms in total. The summed E-state index contributed by atoms with van der Waals surface area (Å²) in [6, 6.07) is 13.4. The van der Waals surface area contributed by atoms with Crippen molar-refractivity contribution in [2.45, 2.75) is 19.9 Å². The summed E-state index contributed by atoms with van der Waals surface area (Å²) in [5.74, 6) is 1.70. The summed E-state index contributed by atoms with van der Waals surface area (Å²) in [7, 11) is 0. The fraction of sp³-hybridized carbons (Fsp3) is 0.364. The summed E-state index contributed by atoms with van der Waals surface area (Å²) >= 11 is 0. The van der Waals surface area contributed by atoms with E-state index >= 15 is 0 Å². The molecule has 0 aliphatic carbocycles. The van der Waals surface area contributed by atoms with Crippen LogP contribution >= 0.6 is 0 Å². The van der Waals surface area contributed by atoms with Crippen LogP contribution in [0.25, 0.3) is 11.5 Å². The molecular weight excluding hydrogens is 382 g/mol. The van der Waals surface area contributed by atoms with E-state index in [9.17, 15) is 4.79 Å². The van der Waals surface area contributed by atoms with Gasteiger partial charge in [0.25, 0.3) is 0 Å². The molecule has 3 aromatic rings. The zero-order valence-corrected chi connectivity index (χ0v) is 17.0. The number of carbonyl (C=O) groups is 1. The number of benzene rings is 1. The van der Waals surface area contributed by atoms with Crippen LogP contribution < -0.4 is 4.90 Å². The van der Waals surface area contributed by atoms with E-state index in [4.69, 9.17) is 9.15 Å². The molecule has 0 radical (unpaired) electrons. The van der Waals surface area contributed by atoms with Crippen molar-refractivity contribution in [3.63, 3.8) is 0 Å². The average molecular weight is 407 g/mol. The van der Waals surface area contributed by atoms with Gasteiger partial charge in [0.15, 0.2) is 0 Å². The lowest BCUT2D eigenvalue weighted by molar-refractivity contribution is 0.0526. The molecule has 8 heteroatoms. The van der Waals surface area contributed by atoms with E-state index < -0.39 is 0 Å². The van der Waals surface area contributed by atoms with E-state index in [0.29, 0.717) is 30.5 Å². The molecule has 0 saturated carbocycles. The number of anilines is 1. The first-order valence-corrected chi connectivity index (χ1v) is 10.2. The first-order chi connectivity index (χ1) is 14.7.